The number of aromatic nitrogens is 2. The Morgan fingerprint density at radius 2 is 2.00 bits per heavy atom. The lowest BCUT2D eigenvalue weighted by atomic mass is 10.0. The van der Waals surface area contributed by atoms with Crippen LogP contribution in [0.15, 0.2) is 41.5 Å². The maximum Gasteiger partial charge on any atom is 0.171 e. The van der Waals surface area contributed by atoms with E-state index in [0.29, 0.717) is 0 Å². The summed E-state index contributed by atoms with van der Waals surface area (Å²) in [6.45, 7) is 4.07. The van der Waals surface area contributed by atoms with E-state index in [-0.39, 0.29) is 6.04 Å². The molecule has 0 amide bonds. The predicted molar refractivity (Wildman–Crippen MR) is 72.7 cm³/mol. The number of hydrogen-bond acceptors (Lipinski definition) is 3. The van der Waals surface area contributed by atoms with E-state index in [1.807, 2.05) is 24.1 Å². The third-order valence-corrected chi connectivity index (χ3v) is 3.17. The number of nitrogens with zero attached hydrogens (tertiary/aromatic N) is 3. The molecule has 1 aliphatic rings. The molecule has 0 saturated heterocycles. The Balaban J connectivity index is 1.96. The van der Waals surface area contributed by atoms with Gasteiger partial charge >= 0.3 is 0 Å². The lowest BCUT2D eigenvalue weighted by Crippen LogP contribution is -2.18. The molecule has 1 aromatic heterocycles. The van der Waals surface area contributed by atoms with Crippen LogP contribution in [0.3, 0.4) is 0 Å². The van der Waals surface area contributed by atoms with Crippen molar-refractivity contribution in [3.05, 3.63) is 47.7 Å². The maximum atomic E-state index is 4.60. The molecule has 1 aromatic carbocycles. The molecule has 2 aromatic rings. The Bertz CT molecular complexity index is 570. The average Bonchev–Trinajstić information content (AvgIpc) is 2.96. The summed E-state index contributed by atoms with van der Waals surface area (Å²) in [6, 6.07) is 12.7. The lowest BCUT2D eigenvalue weighted by molar-refractivity contribution is 0.697. The molecule has 18 heavy (non-hydrogen) atoms. The van der Waals surface area contributed by atoms with E-state index in [1.165, 1.54) is 5.56 Å². The number of nitrogens with one attached hydrogen (secondary N) is 1. The van der Waals surface area contributed by atoms with Gasteiger partial charge in [-0.1, -0.05) is 30.3 Å². The van der Waals surface area contributed by atoms with E-state index in [1.54, 1.807) is 0 Å². The van der Waals surface area contributed by atoms with Gasteiger partial charge in [0, 0.05) is 23.9 Å². The molecular weight excluding hydrogens is 224 g/mol. The van der Waals surface area contributed by atoms with Crippen molar-refractivity contribution in [3.63, 3.8) is 0 Å². The molecule has 0 saturated carbocycles. The van der Waals surface area contributed by atoms with Crippen molar-refractivity contribution < 1.29 is 0 Å². The van der Waals surface area contributed by atoms with Crippen molar-refractivity contribution in [2.24, 2.45) is 5.10 Å². The highest BCUT2D eigenvalue weighted by Crippen LogP contribution is 2.33. The fraction of sp³-hybridized carbons (Fsp3) is 0.286. The number of H-pyrrole nitrogens is 1. The highest BCUT2D eigenvalue weighted by Gasteiger charge is 2.28. The molecule has 1 atom stereocenters. The van der Waals surface area contributed by atoms with Gasteiger partial charge in [0.05, 0.1) is 6.04 Å². The minimum Gasteiger partial charge on any atom is -0.281 e. The van der Waals surface area contributed by atoms with Crippen LogP contribution in [0.5, 0.6) is 0 Å². The van der Waals surface area contributed by atoms with Crippen molar-refractivity contribution in [3.8, 4) is 0 Å². The lowest BCUT2D eigenvalue weighted by Gasteiger charge is -2.21. The zero-order valence-corrected chi connectivity index (χ0v) is 10.6. The van der Waals surface area contributed by atoms with Crippen molar-refractivity contribution in [2.45, 2.75) is 26.3 Å². The summed E-state index contributed by atoms with van der Waals surface area (Å²) in [5.41, 5.74) is 3.47. The number of benzene rings is 1. The first-order valence-corrected chi connectivity index (χ1v) is 6.14. The van der Waals surface area contributed by atoms with E-state index < -0.39 is 0 Å². The first kappa shape index (κ1) is 11.0. The van der Waals surface area contributed by atoms with Crippen LogP contribution in [0, 0.1) is 6.92 Å². The fourth-order valence-corrected chi connectivity index (χ4v) is 2.33. The first-order chi connectivity index (χ1) is 8.74. The zero-order valence-electron chi connectivity index (χ0n) is 10.6. The Morgan fingerprint density at radius 1 is 1.22 bits per heavy atom. The Labute approximate surface area is 106 Å². The smallest absolute Gasteiger partial charge is 0.171 e. The molecule has 2 heterocycles. The van der Waals surface area contributed by atoms with Gasteiger partial charge < -0.3 is 0 Å². The fourth-order valence-electron chi connectivity index (χ4n) is 2.33. The molecule has 4 heteroatoms. The Morgan fingerprint density at radius 3 is 2.67 bits per heavy atom. The van der Waals surface area contributed by atoms with Gasteiger partial charge in [-0.25, -0.2) is 5.01 Å². The molecule has 3 rings (SSSR count). The van der Waals surface area contributed by atoms with Gasteiger partial charge in [-0.3, -0.25) is 5.10 Å². The van der Waals surface area contributed by atoms with Gasteiger partial charge in [0.25, 0.3) is 0 Å². The number of rotatable bonds is 2. The summed E-state index contributed by atoms with van der Waals surface area (Å²) in [5, 5.41) is 13.9. The van der Waals surface area contributed by atoms with Crippen LogP contribution in [0.2, 0.25) is 0 Å². The quantitative estimate of drug-likeness (QED) is 0.876. The van der Waals surface area contributed by atoms with E-state index in [2.05, 4.69) is 46.5 Å². The van der Waals surface area contributed by atoms with E-state index in [4.69, 9.17) is 0 Å². The highest BCUT2D eigenvalue weighted by molar-refractivity contribution is 5.86. The van der Waals surface area contributed by atoms with Gasteiger partial charge in [-0.15, -0.1) is 0 Å². The molecule has 1 aliphatic heterocycles. The van der Waals surface area contributed by atoms with Crippen LogP contribution in [-0.4, -0.2) is 15.9 Å². The number of hydrazone groups is 1. The van der Waals surface area contributed by atoms with Gasteiger partial charge in [0.2, 0.25) is 0 Å². The zero-order chi connectivity index (χ0) is 12.5. The second-order valence-corrected chi connectivity index (χ2v) is 4.72. The van der Waals surface area contributed by atoms with Gasteiger partial charge in [0.15, 0.2) is 5.82 Å². The standard InChI is InChI=1S/C14H16N4/c1-10-9-14(16-15-10)18-13(8-11(2)17-18)12-6-4-3-5-7-12/h3-7,9,13H,8H2,1-2H3,(H,15,16)/t13-/m0/s1. The van der Waals surface area contributed by atoms with Crippen LogP contribution in [0.4, 0.5) is 5.82 Å². The topological polar surface area (TPSA) is 44.3 Å². The number of hydrogen-bond donors (Lipinski definition) is 1. The third kappa shape index (κ3) is 1.90. The molecule has 1 N–H and O–H groups in total. The molecule has 0 radical (unpaired) electrons. The van der Waals surface area contributed by atoms with Crippen LogP contribution >= 0.6 is 0 Å². The number of anilines is 1. The minimum absolute atomic E-state index is 0.258. The second kappa shape index (κ2) is 4.29. The normalized spacial score (nSPS) is 19.1. The van der Waals surface area contributed by atoms with Crippen LogP contribution in [-0.2, 0) is 0 Å². The van der Waals surface area contributed by atoms with E-state index in [9.17, 15) is 0 Å². The van der Waals surface area contributed by atoms with Crippen molar-refractivity contribution in [2.75, 3.05) is 5.01 Å². The molecule has 0 spiro atoms. The maximum absolute atomic E-state index is 4.60. The van der Waals surface area contributed by atoms with Crippen LogP contribution < -0.4 is 5.01 Å². The minimum atomic E-state index is 0.258. The first-order valence-electron chi connectivity index (χ1n) is 6.14. The SMILES string of the molecule is CC1=NN(c2cc(C)[nH]n2)[C@H](c2ccccc2)C1. The molecule has 0 bridgehead atoms. The monoisotopic (exact) mass is 240 g/mol. The van der Waals surface area contributed by atoms with Crippen molar-refractivity contribution >= 4 is 11.5 Å². The molecule has 0 aliphatic carbocycles. The van der Waals surface area contributed by atoms with E-state index in [0.717, 1.165) is 23.6 Å². The summed E-state index contributed by atoms with van der Waals surface area (Å²) < 4.78 is 0. The number of aromatic amines is 1. The molecular formula is C14H16N4. The van der Waals surface area contributed by atoms with E-state index >= 15 is 0 Å². The van der Waals surface area contributed by atoms with Gasteiger partial charge in [-0.2, -0.15) is 10.2 Å². The summed E-state index contributed by atoms with van der Waals surface area (Å²) in [5.74, 6) is 0.887. The second-order valence-electron chi connectivity index (χ2n) is 4.72. The van der Waals surface area contributed by atoms with Gasteiger partial charge in [-0.05, 0) is 19.4 Å². The van der Waals surface area contributed by atoms with Crippen molar-refractivity contribution in [1.29, 1.82) is 0 Å². The van der Waals surface area contributed by atoms with Crippen molar-refractivity contribution in [1.82, 2.24) is 10.2 Å². The predicted octanol–water partition coefficient (Wildman–Crippen LogP) is 3.05. The largest absolute Gasteiger partial charge is 0.281 e. The average molecular weight is 240 g/mol. The third-order valence-electron chi connectivity index (χ3n) is 3.17. The number of aryl methyl sites for hydroxylation is 1. The molecule has 4 nitrogen and oxygen atoms in total. The van der Waals surface area contributed by atoms with Gasteiger partial charge in [0.1, 0.15) is 0 Å². The summed E-state index contributed by atoms with van der Waals surface area (Å²) in [7, 11) is 0. The molecule has 0 fully saturated rings. The Hall–Kier alpha value is -2.10. The molecule has 0 unspecified atom stereocenters. The van der Waals surface area contributed by atoms with Crippen LogP contribution in [0.1, 0.15) is 30.6 Å². The Kier molecular flexibility index (Phi) is 2.63. The highest BCUT2D eigenvalue weighted by atomic mass is 15.5. The molecule has 92 valence electrons. The summed E-state index contributed by atoms with van der Waals surface area (Å²) in [6.07, 6.45) is 0.954. The summed E-state index contributed by atoms with van der Waals surface area (Å²) in [4.78, 5) is 0. The van der Waals surface area contributed by atoms with Crippen LogP contribution in [0.25, 0.3) is 0 Å². The summed E-state index contributed by atoms with van der Waals surface area (Å²) >= 11 is 0.